The third-order valence-corrected chi connectivity index (χ3v) is 7.13. The zero-order valence-electron chi connectivity index (χ0n) is 21.2. The van der Waals surface area contributed by atoms with E-state index in [1.54, 1.807) is 18.3 Å². The highest BCUT2D eigenvalue weighted by molar-refractivity contribution is 7.19. The average molecular weight is 552 g/mol. The summed E-state index contributed by atoms with van der Waals surface area (Å²) in [6.45, 7) is 4.94. The van der Waals surface area contributed by atoms with Crippen molar-refractivity contribution in [1.29, 1.82) is 0 Å². The van der Waals surface area contributed by atoms with Crippen molar-refractivity contribution in [3.8, 4) is 17.1 Å². The fourth-order valence-electron chi connectivity index (χ4n) is 4.12. The topological polar surface area (TPSA) is 157 Å². The lowest BCUT2D eigenvalue weighted by Crippen LogP contribution is -2.36. The van der Waals surface area contributed by atoms with Crippen LogP contribution in [0.5, 0.6) is 5.75 Å². The lowest BCUT2D eigenvalue weighted by Gasteiger charge is -2.28. The van der Waals surface area contributed by atoms with Gasteiger partial charge in [0.15, 0.2) is 17.4 Å². The first-order valence-electron chi connectivity index (χ1n) is 12.1. The van der Waals surface area contributed by atoms with Gasteiger partial charge >= 0.3 is 11.7 Å². The van der Waals surface area contributed by atoms with Crippen molar-refractivity contribution in [1.82, 2.24) is 19.9 Å². The third-order valence-electron chi connectivity index (χ3n) is 6.03. The molecule has 4 heterocycles. The number of nitro benzene ring substituents is 1. The average Bonchev–Trinajstić information content (AvgIpc) is 3.35. The van der Waals surface area contributed by atoms with E-state index in [0.29, 0.717) is 55.7 Å². The number of ether oxygens (including phenoxy) is 2. The third kappa shape index (κ3) is 5.56. The van der Waals surface area contributed by atoms with E-state index < -0.39 is 16.6 Å². The molecule has 5 rings (SSSR count). The van der Waals surface area contributed by atoms with Gasteiger partial charge in [-0.05, 0) is 25.1 Å². The molecule has 4 aromatic rings. The molecule has 1 aliphatic heterocycles. The fraction of sp³-hybridized carbons (Fsp3) is 0.320. The molecule has 0 unspecified atom stereocenters. The number of rotatable bonds is 8. The van der Waals surface area contributed by atoms with Crippen LogP contribution in [0.25, 0.3) is 21.6 Å². The Morgan fingerprint density at radius 3 is 2.64 bits per heavy atom. The van der Waals surface area contributed by atoms with E-state index in [4.69, 9.17) is 19.4 Å². The quantitative estimate of drug-likeness (QED) is 0.194. The molecule has 14 heteroatoms. The molecule has 3 aromatic heterocycles. The Labute approximate surface area is 226 Å². The molecule has 0 aliphatic carbocycles. The smallest absolute Gasteiger partial charge is 0.341 e. The lowest BCUT2D eigenvalue weighted by atomic mass is 10.1. The molecule has 0 bridgehead atoms. The van der Waals surface area contributed by atoms with Gasteiger partial charge in [-0.25, -0.2) is 24.7 Å². The minimum atomic E-state index is -0.641. The molecule has 1 saturated heterocycles. The number of nitro groups is 1. The molecule has 0 amide bonds. The first kappa shape index (κ1) is 26.2. The van der Waals surface area contributed by atoms with Gasteiger partial charge in [-0.2, -0.15) is 0 Å². The number of anilines is 2. The summed E-state index contributed by atoms with van der Waals surface area (Å²) in [4.78, 5) is 45.5. The van der Waals surface area contributed by atoms with Crippen molar-refractivity contribution in [2.45, 2.75) is 13.5 Å². The van der Waals surface area contributed by atoms with Gasteiger partial charge in [-0.1, -0.05) is 0 Å². The van der Waals surface area contributed by atoms with Crippen LogP contribution < -0.4 is 9.80 Å². The maximum Gasteiger partial charge on any atom is 0.341 e. The van der Waals surface area contributed by atoms with E-state index in [0.717, 1.165) is 15.4 Å². The number of carbonyl (C=O) groups is 1. The summed E-state index contributed by atoms with van der Waals surface area (Å²) in [5.74, 6) is 0.621. The number of aromatic hydroxyl groups is 1. The Balaban J connectivity index is 1.47. The van der Waals surface area contributed by atoms with Gasteiger partial charge in [0.2, 0.25) is 5.95 Å². The number of thiophene rings is 1. The monoisotopic (exact) mass is 551 g/mol. The predicted molar refractivity (Wildman–Crippen MR) is 144 cm³/mol. The number of fused-ring (bicyclic) bond motifs is 1. The zero-order chi connectivity index (χ0) is 27.5. The van der Waals surface area contributed by atoms with Crippen LogP contribution in [0.3, 0.4) is 0 Å². The Kier molecular flexibility index (Phi) is 7.47. The molecule has 1 aliphatic rings. The number of phenols is 1. The highest BCUT2D eigenvalue weighted by Gasteiger charge is 2.22. The van der Waals surface area contributed by atoms with E-state index in [2.05, 4.69) is 14.9 Å². The highest BCUT2D eigenvalue weighted by Crippen LogP contribution is 2.36. The predicted octanol–water partition coefficient (Wildman–Crippen LogP) is 3.41. The lowest BCUT2D eigenvalue weighted by molar-refractivity contribution is -0.385. The largest absolute Gasteiger partial charge is 0.502 e. The summed E-state index contributed by atoms with van der Waals surface area (Å²) in [7, 11) is 1.85. The number of hydrogen-bond donors (Lipinski definition) is 1. The van der Waals surface area contributed by atoms with Crippen LogP contribution in [0.15, 0.2) is 36.7 Å². The number of phenolic OH excluding ortho intramolecular Hbond substituents is 1. The van der Waals surface area contributed by atoms with Gasteiger partial charge in [-0.15, -0.1) is 11.3 Å². The molecule has 39 heavy (non-hydrogen) atoms. The Morgan fingerprint density at radius 2 is 1.97 bits per heavy atom. The van der Waals surface area contributed by atoms with Crippen LogP contribution >= 0.6 is 11.3 Å². The van der Waals surface area contributed by atoms with E-state index in [9.17, 15) is 20.0 Å². The maximum absolute atomic E-state index is 11.9. The molecule has 13 nitrogen and oxygen atoms in total. The second-order valence-corrected chi connectivity index (χ2v) is 9.84. The maximum atomic E-state index is 11.9. The number of esters is 1. The van der Waals surface area contributed by atoms with Gasteiger partial charge in [0.05, 0.1) is 47.1 Å². The minimum Gasteiger partial charge on any atom is -0.502 e. The SMILES string of the molecule is CCOC(=O)c1cnc(N(C)Cc2cc3nc(-c4ccc([N+](=O)[O-])c(O)c4)nc(N4CCOCC4)c3s2)nc1. The zero-order valence-corrected chi connectivity index (χ0v) is 22.1. The molecule has 1 fully saturated rings. The van der Waals surface area contributed by atoms with Crippen molar-refractivity contribution in [2.75, 3.05) is 49.8 Å². The minimum absolute atomic E-state index is 0.273. The second kappa shape index (κ2) is 11.1. The van der Waals surface area contributed by atoms with Crippen LogP contribution in [0, 0.1) is 10.1 Å². The number of morpholine rings is 1. The van der Waals surface area contributed by atoms with Gasteiger partial charge < -0.3 is 24.4 Å². The number of hydrogen-bond acceptors (Lipinski definition) is 13. The summed E-state index contributed by atoms with van der Waals surface area (Å²) in [6.07, 6.45) is 2.88. The van der Waals surface area contributed by atoms with Gasteiger partial charge in [-0.3, -0.25) is 10.1 Å². The first-order valence-corrected chi connectivity index (χ1v) is 13.0. The first-order chi connectivity index (χ1) is 18.8. The van der Waals surface area contributed by atoms with Gasteiger partial charge in [0, 0.05) is 49.0 Å². The second-order valence-electron chi connectivity index (χ2n) is 8.71. The van der Waals surface area contributed by atoms with Crippen molar-refractivity contribution in [3.05, 3.63) is 57.2 Å². The molecule has 1 aromatic carbocycles. The highest BCUT2D eigenvalue weighted by atomic mass is 32.1. The molecule has 0 radical (unpaired) electrons. The standard InChI is InChI=1S/C25H25N7O6S/c1-3-38-24(34)16-12-26-25(27-13-16)30(2)14-17-11-18-21(39-17)23(31-6-8-37-9-7-31)29-22(28-18)15-4-5-19(32(35)36)20(33)10-15/h4-5,10-13,33H,3,6-9,14H2,1-2H3. The van der Waals surface area contributed by atoms with E-state index >= 15 is 0 Å². The molecule has 202 valence electrons. The molecular formula is C25H25N7O6S. The summed E-state index contributed by atoms with van der Waals surface area (Å²) in [5.41, 5.74) is 1.08. The summed E-state index contributed by atoms with van der Waals surface area (Å²) >= 11 is 1.55. The van der Waals surface area contributed by atoms with Crippen LogP contribution in [-0.4, -0.2) is 75.9 Å². The summed E-state index contributed by atoms with van der Waals surface area (Å²) < 4.78 is 11.4. The number of nitrogens with zero attached hydrogens (tertiary/aromatic N) is 7. The van der Waals surface area contributed by atoms with Crippen LogP contribution in [-0.2, 0) is 16.0 Å². The number of carbonyl (C=O) groups excluding carboxylic acids is 1. The summed E-state index contributed by atoms with van der Waals surface area (Å²) in [6, 6.07) is 6.04. The Hall–Kier alpha value is -4.43. The van der Waals surface area contributed by atoms with E-state index in [1.165, 1.54) is 30.6 Å². The van der Waals surface area contributed by atoms with Crippen molar-refractivity contribution in [2.24, 2.45) is 0 Å². The fourth-order valence-corrected chi connectivity index (χ4v) is 5.29. The van der Waals surface area contributed by atoms with Crippen LogP contribution in [0.2, 0.25) is 0 Å². The van der Waals surface area contributed by atoms with Crippen molar-refractivity contribution >= 4 is 45.0 Å². The Bertz CT molecular complexity index is 1520. The number of benzene rings is 1. The normalized spacial score (nSPS) is 13.4. The van der Waals surface area contributed by atoms with E-state index in [1.807, 2.05) is 18.0 Å². The number of aromatic nitrogens is 4. The molecule has 0 saturated carbocycles. The van der Waals surface area contributed by atoms with Gasteiger partial charge in [0.25, 0.3) is 0 Å². The van der Waals surface area contributed by atoms with Crippen molar-refractivity contribution in [3.63, 3.8) is 0 Å². The molecule has 0 spiro atoms. The summed E-state index contributed by atoms with van der Waals surface area (Å²) in [5, 5.41) is 21.3. The van der Waals surface area contributed by atoms with Crippen molar-refractivity contribution < 1.29 is 24.3 Å². The van der Waals surface area contributed by atoms with Crippen LogP contribution in [0.1, 0.15) is 22.2 Å². The van der Waals surface area contributed by atoms with Gasteiger partial charge in [0.1, 0.15) is 0 Å². The Morgan fingerprint density at radius 1 is 1.23 bits per heavy atom. The van der Waals surface area contributed by atoms with Crippen LogP contribution in [0.4, 0.5) is 17.5 Å². The molecule has 1 N–H and O–H groups in total. The van der Waals surface area contributed by atoms with E-state index in [-0.39, 0.29) is 17.9 Å². The molecule has 0 atom stereocenters. The molecular weight excluding hydrogens is 526 g/mol.